The smallest absolute Gasteiger partial charge is 0.405 e. The summed E-state index contributed by atoms with van der Waals surface area (Å²) in [6, 6.07) is 9.00. The van der Waals surface area contributed by atoms with Crippen LogP contribution in [0.1, 0.15) is 42.6 Å². The first kappa shape index (κ1) is 18.2. The number of nitrogens with zero attached hydrogens (tertiary/aromatic N) is 2. The van der Waals surface area contributed by atoms with Crippen molar-refractivity contribution >= 4 is 12.2 Å². The molecule has 1 atom stereocenters. The molecular weight excluding hydrogens is 328 g/mol. The Morgan fingerprint density at radius 2 is 1.88 bits per heavy atom. The van der Waals surface area contributed by atoms with E-state index in [9.17, 15) is 9.59 Å². The van der Waals surface area contributed by atoms with Crippen LogP contribution in [-0.2, 0) is 6.42 Å². The van der Waals surface area contributed by atoms with Gasteiger partial charge in [0.25, 0.3) is 0 Å². The Bertz CT molecular complexity index is 689. The van der Waals surface area contributed by atoms with E-state index in [1.54, 1.807) is 0 Å². The maximum absolute atomic E-state index is 11.0. The minimum absolute atomic E-state index is 0.208. The number of nitrogens with one attached hydrogen (secondary N) is 2. The van der Waals surface area contributed by atoms with Crippen molar-refractivity contribution in [2.75, 3.05) is 6.54 Å². The van der Waals surface area contributed by atoms with Gasteiger partial charge in [-0.1, -0.05) is 35.5 Å². The fourth-order valence-electron chi connectivity index (χ4n) is 2.33. The number of rotatable bonds is 9. The summed E-state index contributed by atoms with van der Waals surface area (Å²) in [7, 11) is 0. The van der Waals surface area contributed by atoms with Crippen molar-refractivity contribution in [3.63, 3.8) is 0 Å². The van der Waals surface area contributed by atoms with E-state index in [4.69, 9.17) is 14.7 Å². The molecule has 2 rings (SSSR count). The first-order chi connectivity index (χ1) is 12.0. The number of amides is 2. The quantitative estimate of drug-likeness (QED) is 0.510. The van der Waals surface area contributed by atoms with Crippen LogP contribution in [0.2, 0.25) is 0 Å². The second-order valence-corrected chi connectivity index (χ2v) is 5.44. The normalized spacial score (nSPS) is 11.7. The molecular formula is C16H20N4O5. The molecule has 1 aromatic heterocycles. The fraction of sp³-hybridized carbons (Fsp3) is 0.375. The Labute approximate surface area is 144 Å². The van der Waals surface area contributed by atoms with Gasteiger partial charge in [0, 0.05) is 13.0 Å². The highest BCUT2D eigenvalue weighted by molar-refractivity contribution is 5.65. The molecule has 0 radical (unpaired) electrons. The van der Waals surface area contributed by atoms with E-state index >= 15 is 0 Å². The van der Waals surface area contributed by atoms with Gasteiger partial charge in [-0.2, -0.15) is 4.98 Å². The molecule has 1 heterocycles. The van der Waals surface area contributed by atoms with Crippen molar-refractivity contribution < 1.29 is 24.3 Å². The Morgan fingerprint density at radius 1 is 1.12 bits per heavy atom. The Morgan fingerprint density at radius 3 is 2.56 bits per heavy atom. The summed E-state index contributed by atoms with van der Waals surface area (Å²) in [4.78, 5) is 25.6. The van der Waals surface area contributed by atoms with E-state index in [1.807, 2.05) is 30.3 Å². The molecule has 0 saturated carbocycles. The number of aromatic nitrogens is 2. The molecule has 0 bridgehead atoms. The molecule has 2 aromatic rings. The summed E-state index contributed by atoms with van der Waals surface area (Å²) in [5.41, 5.74) is 1.03. The van der Waals surface area contributed by atoms with Crippen LogP contribution in [0, 0.1) is 0 Å². The molecule has 9 nitrogen and oxygen atoms in total. The standard InChI is InChI=1S/C16H20N4O5/c21-15(22)17-9-5-4-8-12(18-16(23)24)14-19-13(20-25-14)10-11-6-2-1-3-7-11/h1-3,6-7,12,17-18H,4-5,8-10H2,(H,21,22)(H,23,24)/t12-/m1/s1. The van der Waals surface area contributed by atoms with Gasteiger partial charge >= 0.3 is 12.2 Å². The van der Waals surface area contributed by atoms with Crippen molar-refractivity contribution in [2.24, 2.45) is 0 Å². The SMILES string of the molecule is O=C(O)NCCCC[C@@H](NC(=O)O)c1nc(Cc2ccccc2)no1. The van der Waals surface area contributed by atoms with Gasteiger partial charge in [0.05, 0.1) is 0 Å². The van der Waals surface area contributed by atoms with Crippen molar-refractivity contribution in [3.05, 3.63) is 47.6 Å². The lowest BCUT2D eigenvalue weighted by molar-refractivity contribution is 0.184. The molecule has 0 aliphatic rings. The van der Waals surface area contributed by atoms with Crippen molar-refractivity contribution in [2.45, 2.75) is 31.7 Å². The van der Waals surface area contributed by atoms with E-state index in [0.717, 1.165) is 5.56 Å². The summed E-state index contributed by atoms with van der Waals surface area (Å²) in [5, 5.41) is 26.0. The summed E-state index contributed by atoms with van der Waals surface area (Å²) < 4.78 is 5.20. The van der Waals surface area contributed by atoms with Crippen LogP contribution in [0.3, 0.4) is 0 Å². The molecule has 0 fully saturated rings. The van der Waals surface area contributed by atoms with Crippen LogP contribution in [0.15, 0.2) is 34.9 Å². The van der Waals surface area contributed by atoms with E-state index in [2.05, 4.69) is 20.8 Å². The Balaban J connectivity index is 1.93. The highest BCUT2D eigenvalue weighted by atomic mass is 16.5. The molecule has 4 N–H and O–H groups in total. The summed E-state index contributed by atoms with van der Waals surface area (Å²) in [6.45, 7) is 0.304. The first-order valence-corrected chi connectivity index (χ1v) is 7.87. The van der Waals surface area contributed by atoms with Crippen molar-refractivity contribution in [1.29, 1.82) is 0 Å². The maximum Gasteiger partial charge on any atom is 0.405 e. The molecule has 0 spiro atoms. The average Bonchev–Trinajstić information content (AvgIpc) is 3.02. The summed E-state index contributed by atoms with van der Waals surface area (Å²) >= 11 is 0. The van der Waals surface area contributed by atoms with Crippen molar-refractivity contribution in [3.8, 4) is 0 Å². The molecule has 0 unspecified atom stereocenters. The lowest BCUT2D eigenvalue weighted by Crippen LogP contribution is -2.27. The van der Waals surface area contributed by atoms with Gasteiger partial charge < -0.3 is 25.4 Å². The molecule has 1 aromatic carbocycles. The summed E-state index contributed by atoms with van der Waals surface area (Å²) in [5.74, 6) is 0.686. The van der Waals surface area contributed by atoms with Gasteiger partial charge in [-0.15, -0.1) is 0 Å². The molecule has 25 heavy (non-hydrogen) atoms. The monoisotopic (exact) mass is 348 g/mol. The third-order valence-electron chi connectivity index (χ3n) is 3.48. The van der Waals surface area contributed by atoms with Crippen LogP contribution in [-0.4, -0.2) is 39.1 Å². The van der Waals surface area contributed by atoms with Gasteiger partial charge in [0.1, 0.15) is 6.04 Å². The van der Waals surface area contributed by atoms with E-state index in [0.29, 0.717) is 38.1 Å². The highest BCUT2D eigenvalue weighted by Crippen LogP contribution is 2.18. The number of benzene rings is 1. The molecule has 134 valence electrons. The van der Waals surface area contributed by atoms with Gasteiger partial charge in [0.15, 0.2) is 5.82 Å². The Kier molecular flexibility index (Phi) is 6.76. The van der Waals surface area contributed by atoms with Gasteiger partial charge in [0.2, 0.25) is 5.89 Å². The second-order valence-electron chi connectivity index (χ2n) is 5.44. The van der Waals surface area contributed by atoms with Crippen molar-refractivity contribution in [1.82, 2.24) is 20.8 Å². The molecule has 0 aliphatic carbocycles. The topological polar surface area (TPSA) is 138 Å². The Hall–Kier alpha value is -3.10. The van der Waals surface area contributed by atoms with Crippen LogP contribution in [0.25, 0.3) is 0 Å². The number of unbranched alkanes of at least 4 members (excludes halogenated alkanes) is 1. The van der Waals surface area contributed by atoms with E-state index in [-0.39, 0.29) is 5.89 Å². The number of carbonyl (C=O) groups is 2. The third-order valence-corrected chi connectivity index (χ3v) is 3.48. The molecule has 9 heteroatoms. The minimum atomic E-state index is -1.18. The maximum atomic E-state index is 11.0. The number of hydrogen-bond acceptors (Lipinski definition) is 5. The fourth-order valence-corrected chi connectivity index (χ4v) is 2.33. The van der Waals surface area contributed by atoms with Crippen LogP contribution >= 0.6 is 0 Å². The number of carboxylic acid groups (broad SMARTS) is 2. The molecule has 0 saturated heterocycles. The average molecular weight is 348 g/mol. The van der Waals surface area contributed by atoms with Gasteiger partial charge in [-0.25, -0.2) is 9.59 Å². The molecule has 2 amide bonds. The van der Waals surface area contributed by atoms with E-state index in [1.165, 1.54) is 0 Å². The molecule has 0 aliphatic heterocycles. The highest BCUT2D eigenvalue weighted by Gasteiger charge is 2.20. The summed E-state index contributed by atoms with van der Waals surface area (Å²) in [6.07, 6.45) is -0.164. The van der Waals surface area contributed by atoms with Gasteiger partial charge in [-0.05, 0) is 24.8 Å². The predicted molar refractivity (Wildman–Crippen MR) is 87.3 cm³/mol. The minimum Gasteiger partial charge on any atom is -0.465 e. The zero-order valence-electron chi connectivity index (χ0n) is 13.5. The number of hydrogen-bond donors (Lipinski definition) is 4. The van der Waals surface area contributed by atoms with Crippen LogP contribution < -0.4 is 10.6 Å². The zero-order chi connectivity index (χ0) is 18.1. The van der Waals surface area contributed by atoms with Gasteiger partial charge in [-0.3, -0.25) is 0 Å². The first-order valence-electron chi connectivity index (χ1n) is 7.87. The van der Waals surface area contributed by atoms with E-state index < -0.39 is 18.2 Å². The van der Waals surface area contributed by atoms with Crippen LogP contribution in [0.5, 0.6) is 0 Å². The lowest BCUT2D eigenvalue weighted by atomic mass is 10.1. The van der Waals surface area contributed by atoms with Crippen LogP contribution in [0.4, 0.5) is 9.59 Å². The predicted octanol–water partition coefficient (Wildman–Crippen LogP) is 2.41. The largest absolute Gasteiger partial charge is 0.465 e. The third kappa shape index (κ3) is 6.50. The second kappa shape index (κ2) is 9.26. The lowest BCUT2D eigenvalue weighted by Gasteiger charge is -2.12. The zero-order valence-corrected chi connectivity index (χ0v) is 13.5.